The van der Waals surface area contributed by atoms with Crippen LogP contribution >= 0.6 is 11.6 Å². The molecule has 20 heavy (non-hydrogen) atoms. The monoisotopic (exact) mass is 286 g/mol. The summed E-state index contributed by atoms with van der Waals surface area (Å²) in [5, 5.41) is 0.806. The third-order valence-corrected chi connectivity index (χ3v) is 4.54. The second-order valence-electron chi connectivity index (χ2n) is 5.51. The first kappa shape index (κ1) is 13.6. The zero-order valence-electron chi connectivity index (χ0n) is 11.4. The van der Waals surface area contributed by atoms with E-state index in [1.807, 2.05) is 30.5 Å². The number of benzene rings is 1. The number of pyridine rings is 1. The van der Waals surface area contributed by atoms with Gasteiger partial charge in [-0.1, -0.05) is 35.9 Å². The van der Waals surface area contributed by atoms with Crippen molar-refractivity contribution < 1.29 is 0 Å². The molecule has 0 aliphatic heterocycles. The molecule has 2 atom stereocenters. The lowest BCUT2D eigenvalue weighted by Gasteiger charge is -2.29. The summed E-state index contributed by atoms with van der Waals surface area (Å²) in [6.07, 6.45) is 6.12. The lowest BCUT2D eigenvalue weighted by atomic mass is 9.80. The minimum atomic E-state index is 0.0730. The summed E-state index contributed by atoms with van der Waals surface area (Å²) in [6, 6.07) is 12.2. The van der Waals surface area contributed by atoms with Crippen molar-refractivity contribution in [2.45, 2.75) is 37.6 Å². The third-order valence-electron chi connectivity index (χ3n) is 4.17. The number of halogens is 1. The number of hydrogen-bond acceptors (Lipinski definition) is 2. The van der Waals surface area contributed by atoms with Gasteiger partial charge in [0.05, 0.1) is 0 Å². The Bertz CT molecular complexity index is 597. The van der Waals surface area contributed by atoms with Crippen molar-refractivity contribution in [3.63, 3.8) is 0 Å². The number of aromatic nitrogens is 1. The summed E-state index contributed by atoms with van der Waals surface area (Å²) in [7, 11) is 0. The van der Waals surface area contributed by atoms with Crippen LogP contribution in [-0.2, 0) is 12.8 Å². The van der Waals surface area contributed by atoms with Crippen molar-refractivity contribution in [2.75, 3.05) is 0 Å². The van der Waals surface area contributed by atoms with Crippen LogP contribution in [-0.4, -0.2) is 11.0 Å². The Morgan fingerprint density at radius 2 is 2.10 bits per heavy atom. The molecular formula is C17H19ClN2. The average molecular weight is 287 g/mol. The van der Waals surface area contributed by atoms with E-state index in [0.717, 1.165) is 29.8 Å². The van der Waals surface area contributed by atoms with E-state index in [1.165, 1.54) is 17.7 Å². The molecule has 1 aromatic carbocycles. The topological polar surface area (TPSA) is 38.9 Å². The SMILES string of the molecule is NC(Cc1ccccc1Cl)C1CCCc2cccnc21. The molecule has 2 nitrogen and oxygen atoms in total. The van der Waals surface area contributed by atoms with Crippen LogP contribution in [0.25, 0.3) is 0 Å². The molecule has 0 fully saturated rings. The minimum absolute atomic E-state index is 0.0730. The van der Waals surface area contributed by atoms with Crippen molar-refractivity contribution in [1.29, 1.82) is 0 Å². The Hall–Kier alpha value is -1.38. The van der Waals surface area contributed by atoms with Crippen LogP contribution < -0.4 is 5.73 Å². The molecule has 0 radical (unpaired) electrons. The van der Waals surface area contributed by atoms with Crippen LogP contribution in [0.2, 0.25) is 5.02 Å². The predicted molar refractivity (Wildman–Crippen MR) is 83.0 cm³/mol. The van der Waals surface area contributed by atoms with Gasteiger partial charge in [0.15, 0.2) is 0 Å². The highest BCUT2D eigenvalue weighted by molar-refractivity contribution is 6.31. The standard InChI is InChI=1S/C17H19ClN2/c18-15-9-2-1-5-13(15)11-16(19)14-8-3-6-12-7-4-10-20-17(12)14/h1-2,4-5,7,9-10,14,16H,3,6,8,11,19H2. The van der Waals surface area contributed by atoms with E-state index in [9.17, 15) is 0 Å². The number of fused-ring (bicyclic) bond motifs is 1. The van der Waals surface area contributed by atoms with E-state index in [0.29, 0.717) is 5.92 Å². The summed E-state index contributed by atoms with van der Waals surface area (Å²) in [6.45, 7) is 0. The van der Waals surface area contributed by atoms with Crippen molar-refractivity contribution >= 4 is 11.6 Å². The normalized spacial score (nSPS) is 19.4. The van der Waals surface area contributed by atoms with Crippen LogP contribution in [0.1, 0.15) is 35.6 Å². The molecule has 2 N–H and O–H groups in total. The maximum Gasteiger partial charge on any atom is 0.0482 e. The summed E-state index contributed by atoms with van der Waals surface area (Å²) >= 11 is 6.24. The molecule has 3 rings (SSSR count). The highest BCUT2D eigenvalue weighted by Crippen LogP contribution is 2.33. The van der Waals surface area contributed by atoms with E-state index < -0.39 is 0 Å². The molecular weight excluding hydrogens is 268 g/mol. The Balaban J connectivity index is 1.82. The number of aryl methyl sites for hydroxylation is 1. The van der Waals surface area contributed by atoms with Gasteiger partial charge in [0.25, 0.3) is 0 Å². The molecule has 2 unspecified atom stereocenters. The smallest absolute Gasteiger partial charge is 0.0482 e. The fraction of sp³-hybridized carbons (Fsp3) is 0.353. The van der Waals surface area contributed by atoms with Gasteiger partial charge in [-0.05, 0) is 48.9 Å². The maximum atomic E-state index is 6.47. The summed E-state index contributed by atoms with van der Waals surface area (Å²) in [4.78, 5) is 4.57. The first-order valence-corrected chi connectivity index (χ1v) is 7.56. The molecule has 2 aromatic rings. The molecule has 1 aliphatic carbocycles. The lowest BCUT2D eigenvalue weighted by molar-refractivity contribution is 0.449. The zero-order chi connectivity index (χ0) is 13.9. The van der Waals surface area contributed by atoms with E-state index in [4.69, 9.17) is 17.3 Å². The summed E-state index contributed by atoms with van der Waals surface area (Å²) in [5.41, 5.74) is 10.1. The van der Waals surface area contributed by atoms with Gasteiger partial charge in [-0.3, -0.25) is 4.98 Å². The van der Waals surface area contributed by atoms with Crippen LogP contribution in [0.15, 0.2) is 42.6 Å². The average Bonchev–Trinajstić information content (AvgIpc) is 2.49. The van der Waals surface area contributed by atoms with E-state index >= 15 is 0 Å². The number of hydrogen-bond donors (Lipinski definition) is 1. The van der Waals surface area contributed by atoms with Gasteiger partial charge in [-0.2, -0.15) is 0 Å². The number of nitrogens with two attached hydrogens (primary N) is 1. The summed E-state index contributed by atoms with van der Waals surface area (Å²) in [5.74, 6) is 0.344. The largest absolute Gasteiger partial charge is 0.327 e. The van der Waals surface area contributed by atoms with Crippen molar-refractivity contribution in [1.82, 2.24) is 4.98 Å². The van der Waals surface area contributed by atoms with Gasteiger partial charge >= 0.3 is 0 Å². The summed E-state index contributed by atoms with van der Waals surface area (Å²) < 4.78 is 0. The molecule has 0 amide bonds. The predicted octanol–water partition coefficient (Wildman–Crippen LogP) is 3.72. The third kappa shape index (κ3) is 2.72. The van der Waals surface area contributed by atoms with Gasteiger partial charge in [0, 0.05) is 28.9 Å². The van der Waals surface area contributed by atoms with Gasteiger partial charge in [-0.15, -0.1) is 0 Å². The van der Waals surface area contributed by atoms with Crippen molar-refractivity contribution in [3.05, 3.63) is 64.4 Å². The molecule has 0 bridgehead atoms. The second kappa shape index (κ2) is 5.94. The number of nitrogens with zero attached hydrogens (tertiary/aromatic N) is 1. The minimum Gasteiger partial charge on any atom is -0.327 e. The van der Waals surface area contributed by atoms with Crippen LogP contribution in [0, 0.1) is 0 Å². The van der Waals surface area contributed by atoms with Gasteiger partial charge < -0.3 is 5.73 Å². The molecule has 104 valence electrons. The molecule has 3 heteroatoms. The Labute approximate surface area is 125 Å². The molecule has 1 aliphatic rings. The van der Waals surface area contributed by atoms with Crippen LogP contribution in [0.4, 0.5) is 0 Å². The molecule has 0 saturated heterocycles. The second-order valence-corrected chi connectivity index (χ2v) is 5.91. The highest BCUT2D eigenvalue weighted by Gasteiger charge is 2.27. The fourth-order valence-electron chi connectivity index (χ4n) is 3.12. The van der Waals surface area contributed by atoms with Gasteiger partial charge in [0.2, 0.25) is 0 Å². The Morgan fingerprint density at radius 3 is 2.95 bits per heavy atom. The van der Waals surface area contributed by atoms with E-state index in [-0.39, 0.29) is 6.04 Å². The van der Waals surface area contributed by atoms with E-state index in [2.05, 4.69) is 17.1 Å². The quantitative estimate of drug-likeness (QED) is 0.934. The van der Waals surface area contributed by atoms with Crippen LogP contribution in [0.3, 0.4) is 0 Å². The molecule has 1 aromatic heterocycles. The first-order valence-electron chi connectivity index (χ1n) is 7.18. The van der Waals surface area contributed by atoms with Gasteiger partial charge in [0.1, 0.15) is 0 Å². The maximum absolute atomic E-state index is 6.47. The van der Waals surface area contributed by atoms with Crippen molar-refractivity contribution in [2.24, 2.45) is 5.73 Å². The van der Waals surface area contributed by atoms with E-state index in [1.54, 1.807) is 0 Å². The Kier molecular flexibility index (Phi) is 4.04. The number of rotatable bonds is 3. The van der Waals surface area contributed by atoms with Crippen molar-refractivity contribution in [3.8, 4) is 0 Å². The molecule has 0 saturated carbocycles. The lowest BCUT2D eigenvalue weighted by Crippen LogP contribution is -2.33. The van der Waals surface area contributed by atoms with Gasteiger partial charge in [-0.25, -0.2) is 0 Å². The fourth-order valence-corrected chi connectivity index (χ4v) is 3.34. The molecule has 0 spiro atoms. The highest BCUT2D eigenvalue weighted by atomic mass is 35.5. The molecule has 1 heterocycles. The zero-order valence-corrected chi connectivity index (χ0v) is 12.2. The van der Waals surface area contributed by atoms with Crippen LogP contribution in [0.5, 0.6) is 0 Å². The first-order chi connectivity index (χ1) is 9.75. The Morgan fingerprint density at radius 1 is 1.25 bits per heavy atom.